The van der Waals surface area contributed by atoms with Gasteiger partial charge in [-0.3, -0.25) is 19.2 Å². The average molecular weight is 738 g/mol. The molecule has 5 N–H and O–H groups in total. The fourth-order valence-corrected chi connectivity index (χ4v) is 9.07. The van der Waals surface area contributed by atoms with Crippen LogP contribution in [0.15, 0.2) is 36.4 Å². The number of carboxylic acids is 1. The van der Waals surface area contributed by atoms with Gasteiger partial charge < -0.3 is 40.5 Å². The molecule has 2 amide bonds. The molecule has 1 heterocycles. The van der Waals surface area contributed by atoms with Gasteiger partial charge in [0.1, 0.15) is 17.9 Å². The first-order chi connectivity index (χ1) is 25.0. The molecule has 2 bridgehead atoms. The number of nitrogens with one attached hydrogen (secondary N) is 2. The number of carbonyl (C=O) groups is 3. The number of hydroxylamine groups is 2. The highest BCUT2D eigenvalue weighted by atomic mass is 16.7. The molecule has 9 atom stereocenters. The number of para-hydroxylation sites is 1. The van der Waals surface area contributed by atoms with Crippen LogP contribution in [0, 0.1) is 29.1 Å². The van der Waals surface area contributed by atoms with Crippen LogP contribution in [0.25, 0.3) is 11.1 Å². The van der Waals surface area contributed by atoms with Crippen molar-refractivity contribution in [1.82, 2.24) is 20.6 Å². The van der Waals surface area contributed by atoms with Gasteiger partial charge in [0.25, 0.3) is 5.91 Å². The van der Waals surface area contributed by atoms with E-state index in [0.717, 1.165) is 12.1 Å². The van der Waals surface area contributed by atoms with Crippen molar-refractivity contribution in [2.24, 2.45) is 29.1 Å². The first-order valence-corrected chi connectivity index (χ1v) is 18.6. The molecule has 1 aliphatic heterocycles. The van der Waals surface area contributed by atoms with Crippen molar-refractivity contribution in [1.29, 1.82) is 0 Å². The van der Waals surface area contributed by atoms with Gasteiger partial charge in [-0.1, -0.05) is 39.0 Å². The summed E-state index contributed by atoms with van der Waals surface area (Å²) in [6.07, 6.45) is 0.159. The Bertz CT molecular complexity index is 1650. The number of carboxylic acid groups (broad SMARTS) is 1. The van der Waals surface area contributed by atoms with Crippen LogP contribution in [0.4, 0.5) is 5.69 Å². The van der Waals surface area contributed by atoms with E-state index in [0.29, 0.717) is 52.3 Å². The number of fused-ring (bicyclic) bond motifs is 2. The van der Waals surface area contributed by atoms with Crippen molar-refractivity contribution >= 4 is 23.5 Å². The van der Waals surface area contributed by atoms with Gasteiger partial charge >= 0.3 is 5.97 Å². The number of rotatable bonds is 15. The highest BCUT2D eigenvalue weighted by Gasteiger charge is 2.57. The smallest absolute Gasteiger partial charge is 0.305 e. The van der Waals surface area contributed by atoms with Gasteiger partial charge in [0.15, 0.2) is 0 Å². The number of aliphatic carboxylic acids is 1. The third-order valence-electron chi connectivity index (χ3n) is 12.0. The minimum Gasteiger partial charge on any atom is -0.496 e. The zero-order chi connectivity index (χ0) is 38.9. The SMILES string of the molecule is COc1c(CN2O[C@@H](CO)[C@@H]([C@H](C)O)[C@H]2C(=O)N[C@H]2CC3C[C@@H]([C@@H]2C)C3(C)C)cccc1-c1cc(C(=O)N[C@H](CC(=O)O)CN(C)C)cc(N(C)C)c1. The van der Waals surface area contributed by atoms with Crippen molar-refractivity contribution in [3.05, 3.63) is 47.5 Å². The lowest BCUT2D eigenvalue weighted by molar-refractivity contribution is -0.183. The monoisotopic (exact) mass is 737 g/mol. The minimum atomic E-state index is -1.00. The number of methoxy groups -OCH3 is 1. The summed E-state index contributed by atoms with van der Waals surface area (Å²) in [6, 6.07) is 9.63. The molecule has 4 aliphatic rings. The normalized spacial score (nSPS) is 27.4. The molecule has 292 valence electrons. The number of amides is 2. The first-order valence-electron chi connectivity index (χ1n) is 18.6. The second kappa shape index (κ2) is 16.3. The molecule has 3 saturated carbocycles. The second-order valence-corrected chi connectivity index (χ2v) is 16.4. The van der Waals surface area contributed by atoms with Gasteiger partial charge in [0.05, 0.1) is 38.8 Å². The summed E-state index contributed by atoms with van der Waals surface area (Å²) in [5.41, 5.74) is 3.47. The average Bonchev–Trinajstić information content (AvgIpc) is 3.46. The molecule has 0 spiro atoms. The van der Waals surface area contributed by atoms with E-state index < -0.39 is 42.1 Å². The molecule has 0 radical (unpaired) electrons. The van der Waals surface area contributed by atoms with E-state index in [1.165, 1.54) is 6.42 Å². The lowest BCUT2D eigenvalue weighted by atomic mass is 9.45. The van der Waals surface area contributed by atoms with Crippen molar-refractivity contribution in [2.45, 2.75) is 83.8 Å². The number of nitrogens with zero attached hydrogens (tertiary/aromatic N) is 3. The molecule has 1 unspecified atom stereocenters. The molecule has 13 nitrogen and oxygen atoms in total. The van der Waals surface area contributed by atoms with E-state index in [1.54, 1.807) is 31.2 Å². The predicted octanol–water partition coefficient (Wildman–Crippen LogP) is 3.22. The van der Waals surface area contributed by atoms with Crippen LogP contribution in [0.1, 0.15) is 62.9 Å². The van der Waals surface area contributed by atoms with Crippen molar-refractivity contribution in [3.63, 3.8) is 0 Å². The van der Waals surface area contributed by atoms with E-state index in [4.69, 9.17) is 9.57 Å². The molecule has 13 heteroatoms. The predicted molar refractivity (Wildman–Crippen MR) is 202 cm³/mol. The Morgan fingerprint density at radius 3 is 2.40 bits per heavy atom. The number of likely N-dealkylation sites (N-methyl/N-ethyl adjacent to an activating group) is 1. The summed E-state index contributed by atoms with van der Waals surface area (Å²) in [6.45, 7) is 8.59. The van der Waals surface area contributed by atoms with Gasteiger partial charge in [-0.15, -0.1) is 0 Å². The molecule has 0 aromatic heterocycles. The van der Waals surface area contributed by atoms with Crippen molar-refractivity contribution < 1.29 is 39.3 Å². The van der Waals surface area contributed by atoms with Crippen LogP contribution in [0.5, 0.6) is 5.75 Å². The maximum Gasteiger partial charge on any atom is 0.305 e. The van der Waals surface area contributed by atoms with E-state index in [1.807, 2.05) is 62.3 Å². The van der Waals surface area contributed by atoms with Crippen LogP contribution in [-0.2, 0) is 21.0 Å². The van der Waals surface area contributed by atoms with E-state index in [2.05, 4.69) is 31.4 Å². The molecule has 53 heavy (non-hydrogen) atoms. The Morgan fingerprint density at radius 2 is 1.83 bits per heavy atom. The lowest BCUT2D eigenvalue weighted by Crippen LogP contribution is -2.62. The largest absolute Gasteiger partial charge is 0.496 e. The van der Waals surface area contributed by atoms with E-state index >= 15 is 0 Å². The summed E-state index contributed by atoms with van der Waals surface area (Å²) in [5, 5.41) is 38.5. The summed E-state index contributed by atoms with van der Waals surface area (Å²) in [4.78, 5) is 49.3. The standard InChI is InChI=1S/C40H59N5O8/c1-22-31-16-27(40(31,3)4)17-32(22)42-39(51)36-35(23(2)47)33(21-46)53-45(36)19-24-11-10-12-30(37(24)52-9)25-13-26(15-29(14-25)44(7)8)38(50)41-28(18-34(48)49)20-43(5)6/h10-15,22-23,27-28,31-33,35-36,46-47H,16-21H2,1-9H3,(H,41,50)(H,42,51)(H,48,49)/t22-,23-,27?,28+,31-,32-,33-,35+,36-/m0/s1. The Kier molecular flexibility index (Phi) is 12.4. The highest BCUT2D eigenvalue weighted by molar-refractivity contribution is 5.97. The van der Waals surface area contributed by atoms with Gasteiger partial charge in [-0.05, 0) is 80.8 Å². The van der Waals surface area contributed by atoms with E-state index in [-0.39, 0.29) is 36.9 Å². The maximum atomic E-state index is 14.2. The number of aliphatic hydroxyl groups excluding tert-OH is 2. The molecule has 6 rings (SSSR count). The van der Waals surface area contributed by atoms with Crippen LogP contribution in [0.2, 0.25) is 0 Å². The molecule has 3 aliphatic carbocycles. The number of aliphatic hydroxyl groups is 2. The fraction of sp³-hybridized carbons (Fsp3) is 0.625. The number of carbonyl (C=O) groups excluding carboxylic acids is 2. The van der Waals surface area contributed by atoms with Gasteiger partial charge in [-0.2, -0.15) is 5.06 Å². The zero-order valence-corrected chi connectivity index (χ0v) is 32.6. The van der Waals surface area contributed by atoms with Crippen LogP contribution >= 0.6 is 0 Å². The molecule has 4 fully saturated rings. The minimum absolute atomic E-state index is 0.0134. The molecule has 2 aromatic carbocycles. The van der Waals surface area contributed by atoms with Crippen LogP contribution in [0.3, 0.4) is 0 Å². The lowest BCUT2D eigenvalue weighted by Gasteiger charge is -2.62. The summed E-state index contributed by atoms with van der Waals surface area (Å²) in [5.74, 6) is -0.395. The summed E-state index contributed by atoms with van der Waals surface area (Å²) < 4.78 is 6.02. The van der Waals surface area contributed by atoms with E-state index in [9.17, 15) is 29.7 Å². The number of hydrogen-bond donors (Lipinski definition) is 5. The second-order valence-electron chi connectivity index (χ2n) is 16.4. The highest BCUT2D eigenvalue weighted by Crippen LogP contribution is 2.61. The van der Waals surface area contributed by atoms with Crippen molar-refractivity contribution in [2.75, 3.05) is 53.4 Å². The zero-order valence-electron chi connectivity index (χ0n) is 32.6. The number of benzene rings is 2. The Morgan fingerprint density at radius 1 is 1.11 bits per heavy atom. The van der Waals surface area contributed by atoms with Gasteiger partial charge in [-0.25, -0.2) is 0 Å². The number of hydrogen-bond acceptors (Lipinski definition) is 10. The van der Waals surface area contributed by atoms with Crippen LogP contribution < -0.4 is 20.3 Å². The summed E-state index contributed by atoms with van der Waals surface area (Å²) >= 11 is 0. The van der Waals surface area contributed by atoms with Crippen LogP contribution in [-0.4, -0.2) is 122 Å². The molecule has 1 saturated heterocycles. The third-order valence-corrected chi connectivity index (χ3v) is 12.0. The van der Waals surface area contributed by atoms with Gasteiger partial charge in [0.2, 0.25) is 5.91 Å². The number of ether oxygens (including phenoxy) is 1. The quantitative estimate of drug-likeness (QED) is 0.182. The Hall–Kier alpha value is -3.75. The molecular weight excluding hydrogens is 678 g/mol. The Labute approximate surface area is 313 Å². The Balaban J connectivity index is 1.45. The number of anilines is 1. The maximum absolute atomic E-state index is 14.2. The summed E-state index contributed by atoms with van der Waals surface area (Å²) in [7, 11) is 8.95. The fourth-order valence-electron chi connectivity index (χ4n) is 9.07. The molecular formula is C40H59N5O8. The van der Waals surface area contributed by atoms with Gasteiger partial charge in [0, 0.05) is 55.0 Å². The topological polar surface area (TPSA) is 164 Å². The van der Waals surface area contributed by atoms with Crippen molar-refractivity contribution in [3.8, 4) is 16.9 Å². The molecule has 2 aromatic rings. The third kappa shape index (κ3) is 8.49. The first kappa shape index (κ1) is 40.4.